The van der Waals surface area contributed by atoms with Crippen molar-refractivity contribution in [3.05, 3.63) is 0 Å². The van der Waals surface area contributed by atoms with Crippen molar-refractivity contribution in [1.82, 2.24) is 4.72 Å². The fourth-order valence-corrected chi connectivity index (χ4v) is 0.974. The molecule has 0 amide bonds. The lowest BCUT2D eigenvalue weighted by Crippen LogP contribution is -2.22. The highest BCUT2D eigenvalue weighted by Crippen LogP contribution is 2.26. The van der Waals surface area contributed by atoms with Crippen LogP contribution >= 0.6 is 10.8 Å². The molecule has 0 aromatic heterocycles. The second-order valence-corrected chi connectivity index (χ2v) is 4.53. The van der Waals surface area contributed by atoms with E-state index < -0.39 is 10.8 Å². The average Bonchev–Trinajstić information content (AvgIpc) is 1.59. The van der Waals surface area contributed by atoms with Crippen LogP contribution in [0.25, 0.3) is 0 Å². The minimum atomic E-state index is -2.47. The van der Waals surface area contributed by atoms with E-state index in [4.69, 9.17) is 9.11 Å². The number of nitrogens with one attached hydrogen (secondary N) is 1. The molecule has 0 bridgehead atoms. The normalized spacial score (nSPS) is 14.4. The zero-order chi connectivity index (χ0) is 7.49. The maximum Gasteiger partial charge on any atom is 0.0416 e. The maximum absolute atomic E-state index is 8.79. The SMILES string of the molecule is CC(C)CNS(C)(O)O. The first kappa shape index (κ1) is 9.23. The van der Waals surface area contributed by atoms with E-state index in [1.165, 1.54) is 6.26 Å². The van der Waals surface area contributed by atoms with E-state index in [9.17, 15) is 0 Å². The first-order valence-electron chi connectivity index (χ1n) is 2.89. The quantitative estimate of drug-likeness (QED) is 0.576. The van der Waals surface area contributed by atoms with Crippen molar-refractivity contribution in [2.75, 3.05) is 12.8 Å². The minimum Gasteiger partial charge on any atom is -0.286 e. The highest BCUT2D eigenvalue weighted by molar-refractivity contribution is 8.22. The molecule has 0 aliphatic carbocycles. The van der Waals surface area contributed by atoms with E-state index in [-0.39, 0.29) is 0 Å². The summed E-state index contributed by atoms with van der Waals surface area (Å²) in [6.07, 6.45) is 1.38. The summed E-state index contributed by atoms with van der Waals surface area (Å²) < 4.78 is 20.2. The zero-order valence-electron chi connectivity index (χ0n) is 6.09. The summed E-state index contributed by atoms with van der Waals surface area (Å²) in [5, 5.41) is 0. The Hall–Kier alpha value is 0.230. The monoisotopic (exact) mass is 153 g/mol. The summed E-state index contributed by atoms with van der Waals surface area (Å²) in [6.45, 7) is 4.68. The van der Waals surface area contributed by atoms with Gasteiger partial charge in [0.1, 0.15) is 0 Å². The first-order valence-corrected chi connectivity index (χ1v) is 4.85. The van der Waals surface area contributed by atoms with Gasteiger partial charge in [-0.2, -0.15) is 0 Å². The maximum atomic E-state index is 8.79. The molecule has 0 aromatic carbocycles. The van der Waals surface area contributed by atoms with Gasteiger partial charge in [-0.3, -0.25) is 9.11 Å². The molecule has 0 fully saturated rings. The van der Waals surface area contributed by atoms with E-state index in [0.29, 0.717) is 12.5 Å². The molecule has 0 aliphatic heterocycles. The second kappa shape index (κ2) is 3.41. The molecule has 0 saturated heterocycles. The van der Waals surface area contributed by atoms with Crippen LogP contribution in [0.15, 0.2) is 0 Å². The standard InChI is InChI=1S/C5H15NO2S/c1-5(2)4-6-9(3,7)8/h5-8H,4H2,1-3H3. The van der Waals surface area contributed by atoms with Gasteiger partial charge in [0.05, 0.1) is 0 Å². The van der Waals surface area contributed by atoms with Crippen molar-refractivity contribution in [2.24, 2.45) is 5.92 Å². The van der Waals surface area contributed by atoms with E-state index in [0.717, 1.165) is 0 Å². The second-order valence-electron chi connectivity index (χ2n) is 2.58. The fourth-order valence-electron chi connectivity index (χ4n) is 0.325. The van der Waals surface area contributed by atoms with Crippen LogP contribution in [0.2, 0.25) is 0 Å². The van der Waals surface area contributed by atoms with Gasteiger partial charge in [-0.1, -0.05) is 13.8 Å². The predicted molar refractivity (Wildman–Crippen MR) is 41.6 cm³/mol. The topological polar surface area (TPSA) is 52.5 Å². The fraction of sp³-hybridized carbons (Fsp3) is 1.00. The van der Waals surface area contributed by atoms with E-state index in [1.807, 2.05) is 13.8 Å². The molecule has 0 saturated carbocycles. The van der Waals surface area contributed by atoms with Gasteiger partial charge >= 0.3 is 0 Å². The Bertz CT molecular complexity index is 79.5. The van der Waals surface area contributed by atoms with E-state index in [2.05, 4.69) is 4.72 Å². The van der Waals surface area contributed by atoms with Crippen LogP contribution in [0.4, 0.5) is 0 Å². The van der Waals surface area contributed by atoms with Gasteiger partial charge in [-0.15, -0.1) is 10.8 Å². The first-order chi connectivity index (χ1) is 3.92. The third-order valence-corrected chi connectivity index (χ3v) is 1.48. The van der Waals surface area contributed by atoms with Crippen molar-refractivity contribution < 1.29 is 9.11 Å². The lowest BCUT2D eigenvalue weighted by molar-refractivity contribution is 0.468. The molecule has 0 spiro atoms. The Kier molecular flexibility index (Phi) is 3.50. The Balaban J connectivity index is 3.28. The van der Waals surface area contributed by atoms with Crippen LogP contribution in [-0.2, 0) is 0 Å². The molecule has 3 N–H and O–H groups in total. The molecule has 58 valence electrons. The highest BCUT2D eigenvalue weighted by atomic mass is 32.3. The van der Waals surface area contributed by atoms with Crippen molar-refractivity contribution in [1.29, 1.82) is 0 Å². The van der Waals surface area contributed by atoms with Gasteiger partial charge in [0, 0.05) is 12.8 Å². The smallest absolute Gasteiger partial charge is 0.0416 e. The highest BCUT2D eigenvalue weighted by Gasteiger charge is 2.01. The van der Waals surface area contributed by atoms with Crippen LogP contribution in [0.3, 0.4) is 0 Å². The van der Waals surface area contributed by atoms with Crippen molar-refractivity contribution in [3.63, 3.8) is 0 Å². The van der Waals surface area contributed by atoms with Gasteiger partial charge in [0.15, 0.2) is 0 Å². The molecule has 0 radical (unpaired) electrons. The van der Waals surface area contributed by atoms with Crippen molar-refractivity contribution >= 4 is 10.8 Å². The third-order valence-electron chi connectivity index (χ3n) is 0.765. The van der Waals surface area contributed by atoms with Crippen molar-refractivity contribution in [2.45, 2.75) is 13.8 Å². The lowest BCUT2D eigenvalue weighted by Gasteiger charge is -2.28. The minimum absolute atomic E-state index is 0.455. The Morgan fingerprint density at radius 2 is 1.89 bits per heavy atom. The van der Waals surface area contributed by atoms with Crippen LogP contribution in [0.1, 0.15) is 13.8 Å². The van der Waals surface area contributed by atoms with E-state index >= 15 is 0 Å². The Labute approximate surface area is 57.9 Å². The van der Waals surface area contributed by atoms with Crippen LogP contribution < -0.4 is 4.72 Å². The van der Waals surface area contributed by atoms with E-state index in [1.54, 1.807) is 0 Å². The van der Waals surface area contributed by atoms with Gasteiger partial charge in [-0.05, 0) is 5.92 Å². The summed E-state index contributed by atoms with van der Waals surface area (Å²) in [6, 6.07) is 0. The predicted octanol–water partition coefficient (Wildman–Crippen LogP) is 1.53. The number of hydrogen-bond donors (Lipinski definition) is 3. The molecule has 3 nitrogen and oxygen atoms in total. The molecule has 4 heteroatoms. The molecular weight excluding hydrogens is 138 g/mol. The summed E-state index contributed by atoms with van der Waals surface area (Å²) in [4.78, 5) is 0. The Morgan fingerprint density at radius 1 is 1.44 bits per heavy atom. The number of hydrogen-bond acceptors (Lipinski definition) is 3. The van der Waals surface area contributed by atoms with Gasteiger partial charge in [-0.25, -0.2) is 4.72 Å². The van der Waals surface area contributed by atoms with Gasteiger partial charge in [0.2, 0.25) is 0 Å². The lowest BCUT2D eigenvalue weighted by atomic mass is 10.2. The van der Waals surface area contributed by atoms with Crippen LogP contribution in [-0.4, -0.2) is 21.9 Å². The molecule has 0 unspecified atom stereocenters. The largest absolute Gasteiger partial charge is 0.286 e. The zero-order valence-corrected chi connectivity index (χ0v) is 6.90. The molecule has 0 atom stereocenters. The molecule has 0 aliphatic rings. The van der Waals surface area contributed by atoms with Crippen LogP contribution in [0.5, 0.6) is 0 Å². The van der Waals surface area contributed by atoms with Gasteiger partial charge < -0.3 is 0 Å². The Morgan fingerprint density at radius 3 is 2.00 bits per heavy atom. The summed E-state index contributed by atoms with van der Waals surface area (Å²) in [5.41, 5.74) is 0. The molecule has 0 aromatic rings. The number of rotatable bonds is 3. The van der Waals surface area contributed by atoms with Gasteiger partial charge in [0.25, 0.3) is 0 Å². The van der Waals surface area contributed by atoms with Crippen LogP contribution in [0, 0.1) is 5.92 Å². The summed E-state index contributed by atoms with van der Waals surface area (Å²) in [7, 11) is -2.47. The summed E-state index contributed by atoms with van der Waals surface area (Å²) in [5.74, 6) is 0.455. The van der Waals surface area contributed by atoms with Crippen molar-refractivity contribution in [3.8, 4) is 0 Å². The third kappa shape index (κ3) is 8.23. The molecule has 0 heterocycles. The molecule has 0 rings (SSSR count). The summed E-state index contributed by atoms with van der Waals surface area (Å²) >= 11 is 0. The molecular formula is C5H15NO2S. The molecule has 9 heavy (non-hydrogen) atoms. The average molecular weight is 153 g/mol.